The monoisotopic (exact) mass is 450 g/mol. The third-order valence-corrected chi connectivity index (χ3v) is 5.44. The molecule has 1 heterocycles. The van der Waals surface area contributed by atoms with Crippen LogP contribution in [-0.4, -0.2) is 31.6 Å². The van der Waals surface area contributed by atoms with Crippen molar-refractivity contribution >= 4 is 45.0 Å². The summed E-state index contributed by atoms with van der Waals surface area (Å²) in [7, 11) is 1.53. The number of amides is 2. The SMILES string of the molecule is CO[C@H]1CC(=O)NC[C@@H](c2cccc(Cl)c2)C1C(=O)Nc1cccc(Br)c1. The molecule has 5 nitrogen and oxygen atoms in total. The van der Waals surface area contributed by atoms with Crippen LogP contribution in [0.25, 0.3) is 0 Å². The lowest BCUT2D eigenvalue weighted by atomic mass is 9.81. The number of benzene rings is 2. The minimum Gasteiger partial charge on any atom is -0.380 e. The summed E-state index contributed by atoms with van der Waals surface area (Å²) in [6.45, 7) is 0.343. The number of ether oxygens (including phenoxy) is 1. The molecular formula is C20H20BrClN2O3. The second-order valence-electron chi connectivity index (χ2n) is 6.47. The predicted octanol–water partition coefficient (Wildman–Crippen LogP) is 3.98. The Hall–Kier alpha value is -1.89. The van der Waals surface area contributed by atoms with E-state index in [1.54, 1.807) is 6.07 Å². The number of rotatable bonds is 4. The van der Waals surface area contributed by atoms with Crippen molar-refractivity contribution in [1.29, 1.82) is 0 Å². The van der Waals surface area contributed by atoms with E-state index in [1.807, 2.05) is 42.5 Å². The molecule has 1 fully saturated rings. The Labute approximate surface area is 171 Å². The molecule has 0 aliphatic carbocycles. The largest absolute Gasteiger partial charge is 0.380 e. The molecule has 2 amide bonds. The van der Waals surface area contributed by atoms with Crippen LogP contribution < -0.4 is 10.6 Å². The number of hydrogen-bond acceptors (Lipinski definition) is 3. The molecule has 7 heteroatoms. The molecule has 142 valence electrons. The second-order valence-corrected chi connectivity index (χ2v) is 7.82. The molecule has 1 saturated heterocycles. The normalized spacial score (nSPS) is 22.6. The summed E-state index contributed by atoms with van der Waals surface area (Å²) < 4.78 is 6.42. The molecule has 0 spiro atoms. The van der Waals surface area contributed by atoms with E-state index in [0.29, 0.717) is 17.3 Å². The summed E-state index contributed by atoms with van der Waals surface area (Å²) in [5, 5.41) is 6.42. The molecule has 3 rings (SSSR count). The van der Waals surface area contributed by atoms with Gasteiger partial charge in [0.05, 0.1) is 18.4 Å². The Morgan fingerprint density at radius 3 is 2.74 bits per heavy atom. The summed E-state index contributed by atoms with van der Waals surface area (Å²) in [6, 6.07) is 14.8. The quantitative estimate of drug-likeness (QED) is 0.739. The molecule has 0 aromatic heterocycles. The molecule has 3 atom stereocenters. The van der Waals surface area contributed by atoms with Gasteiger partial charge in [0, 0.05) is 34.8 Å². The van der Waals surface area contributed by atoms with Crippen LogP contribution in [0.4, 0.5) is 5.69 Å². The van der Waals surface area contributed by atoms with Crippen molar-refractivity contribution in [3.8, 4) is 0 Å². The molecule has 1 aliphatic rings. The second kappa shape index (κ2) is 8.87. The topological polar surface area (TPSA) is 67.4 Å². The number of anilines is 1. The van der Waals surface area contributed by atoms with E-state index in [2.05, 4.69) is 26.6 Å². The fourth-order valence-electron chi connectivity index (χ4n) is 3.43. The first kappa shape index (κ1) is 19.9. The van der Waals surface area contributed by atoms with Crippen LogP contribution in [0.2, 0.25) is 5.02 Å². The van der Waals surface area contributed by atoms with Crippen molar-refractivity contribution in [3.05, 3.63) is 63.6 Å². The number of nitrogens with one attached hydrogen (secondary N) is 2. The highest BCUT2D eigenvalue weighted by Crippen LogP contribution is 2.34. The molecule has 1 aliphatic heterocycles. The predicted molar refractivity (Wildman–Crippen MR) is 109 cm³/mol. The lowest BCUT2D eigenvalue weighted by molar-refractivity contribution is -0.127. The van der Waals surface area contributed by atoms with E-state index in [4.69, 9.17) is 16.3 Å². The Balaban J connectivity index is 1.95. The zero-order chi connectivity index (χ0) is 19.4. The van der Waals surface area contributed by atoms with E-state index in [0.717, 1.165) is 10.0 Å². The van der Waals surface area contributed by atoms with Crippen LogP contribution in [0, 0.1) is 5.92 Å². The third-order valence-electron chi connectivity index (χ3n) is 4.71. The Kier molecular flexibility index (Phi) is 6.52. The Morgan fingerprint density at radius 1 is 1.26 bits per heavy atom. The summed E-state index contributed by atoms with van der Waals surface area (Å²) >= 11 is 9.56. The summed E-state index contributed by atoms with van der Waals surface area (Å²) in [5.41, 5.74) is 1.57. The summed E-state index contributed by atoms with van der Waals surface area (Å²) in [4.78, 5) is 25.3. The Morgan fingerprint density at radius 2 is 2.04 bits per heavy atom. The minimum atomic E-state index is -0.550. The van der Waals surface area contributed by atoms with Crippen LogP contribution in [-0.2, 0) is 14.3 Å². The van der Waals surface area contributed by atoms with Gasteiger partial charge in [0.25, 0.3) is 0 Å². The molecule has 0 bridgehead atoms. The van der Waals surface area contributed by atoms with Gasteiger partial charge in [0.15, 0.2) is 0 Å². The maximum atomic E-state index is 13.2. The number of carbonyl (C=O) groups is 2. The first-order valence-electron chi connectivity index (χ1n) is 8.59. The van der Waals surface area contributed by atoms with Gasteiger partial charge in [-0.3, -0.25) is 9.59 Å². The van der Waals surface area contributed by atoms with Crippen LogP contribution >= 0.6 is 27.5 Å². The molecule has 1 unspecified atom stereocenters. The van der Waals surface area contributed by atoms with Crippen molar-refractivity contribution in [3.63, 3.8) is 0 Å². The van der Waals surface area contributed by atoms with Gasteiger partial charge >= 0.3 is 0 Å². The van der Waals surface area contributed by atoms with Gasteiger partial charge in [0.2, 0.25) is 11.8 Å². The summed E-state index contributed by atoms with van der Waals surface area (Å²) in [5.74, 6) is -1.13. The highest BCUT2D eigenvalue weighted by atomic mass is 79.9. The van der Waals surface area contributed by atoms with Gasteiger partial charge in [0.1, 0.15) is 0 Å². The van der Waals surface area contributed by atoms with Gasteiger partial charge in [-0.15, -0.1) is 0 Å². The van der Waals surface area contributed by atoms with E-state index in [9.17, 15) is 9.59 Å². The third kappa shape index (κ3) is 4.89. The smallest absolute Gasteiger partial charge is 0.230 e. The van der Waals surface area contributed by atoms with Gasteiger partial charge < -0.3 is 15.4 Å². The number of methoxy groups -OCH3 is 1. The number of carbonyl (C=O) groups excluding carboxylic acids is 2. The molecular weight excluding hydrogens is 432 g/mol. The highest BCUT2D eigenvalue weighted by molar-refractivity contribution is 9.10. The molecule has 2 aromatic carbocycles. The first-order chi connectivity index (χ1) is 13.0. The fraction of sp³-hybridized carbons (Fsp3) is 0.300. The van der Waals surface area contributed by atoms with Crippen molar-refractivity contribution < 1.29 is 14.3 Å². The lowest BCUT2D eigenvalue weighted by Gasteiger charge is -2.29. The first-order valence-corrected chi connectivity index (χ1v) is 9.76. The Bertz CT molecular complexity index is 845. The highest BCUT2D eigenvalue weighted by Gasteiger charge is 2.40. The number of hydrogen-bond donors (Lipinski definition) is 2. The van der Waals surface area contributed by atoms with Crippen molar-refractivity contribution in [2.45, 2.75) is 18.4 Å². The average molecular weight is 452 g/mol. The number of halogens is 2. The van der Waals surface area contributed by atoms with Crippen molar-refractivity contribution in [2.75, 3.05) is 19.0 Å². The summed E-state index contributed by atoms with van der Waals surface area (Å²) in [6.07, 6.45) is -0.409. The molecule has 2 N–H and O–H groups in total. The fourth-order valence-corrected chi connectivity index (χ4v) is 4.03. The van der Waals surface area contributed by atoms with Gasteiger partial charge in [-0.25, -0.2) is 0 Å². The zero-order valence-electron chi connectivity index (χ0n) is 14.7. The molecule has 2 aromatic rings. The van der Waals surface area contributed by atoms with Gasteiger partial charge in [-0.2, -0.15) is 0 Å². The van der Waals surface area contributed by atoms with Crippen LogP contribution in [0.5, 0.6) is 0 Å². The molecule has 0 radical (unpaired) electrons. The van der Waals surface area contributed by atoms with Crippen molar-refractivity contribution in [1.82, 2.24) is 5.32 Å². The minimum absolute atomic E-state index is 0.129. The van der Waals surface area contributed by atoms with E-state index < -0.39 is 12.0 Å². The standard InChI is InChI=1S/C20H20BrClN2O3/c1-27-17-10-18(25)23-11-16(12-4-2-6-14(22)8-12)19(17)20(26)24-15-7-3-5-13(21)9-15/h2-9,16-17,19H,10-11H2,1H3,(H,23,25)(H,24,26)/t16-,17-,19?/m0/s1. The van der Waals surface area contributed by atoms with E-state index in [-0.39, 0.29) is 24.2 Å². The van der Waals surface area contributed by atoms with E-state index >= 15 is 0 Å². The lowest BCUT2D eigenvalue weighted by Crippen LogP contribution is -2.39. The van der Waals surface area contributed by atoms with Crippen LogP contribution in [0.1, 0.15) is 17.9 Å². The molecule has 27 heavy (non-hydrogen) atoms. The zero-order valence-corrected chi connectivity index (χ0v) is 17.1. The average Bonchev–Trinajstić information content (AvgIpc) is 2.80. The van der Waals surface area contributed by atoms with Gasteiger partial charge in [-0.05, 0) is 35.9 Å². The van der Waals surface area contributed by atoms with Crippen LogP contribution in [0.15, 0.2) is 53.0 Å². The van der Waals surface area contributed by atoms with E-state index in [1.165, 1.54) is 7.11 Å². The maximum absolute atomic E-state index is 13.2. The molecule has 0 saturated carbocycles. The van der Waals surface area contributed by atoms with Crippen molar-refractivity contribution in [2.24, 2.45) is 5.92 Å². The van der Waals surface area contributed by atoms with Gasteiger partial charge in [-0.1, -0.05) is 45.7 Å². The maximum Gasteiger partial charge on any atom is 0.230 e. The van der Waals surface area contributed by atoms with Crippen LogP contribution in [0.3, 0.4) is 0 Å².